The first-order chi connectivity index (χ1) is 17.4. The van der Waals surface area contributed by atoms with Crippen molar-refractivity contribution in [3.8, 4) is 0 Å². The minimum Gasteiger partial charge on any atom is -0.354 e. The summed E-state index contributed by atoms with van der Waals surface area (Å²) in [6.07, 6.45) is 1.31. The molecule has 188 valence electrons. The molecule has 1 aliphatic heterocycles. The smallest absolute Gasteiger partial charge is 0.258 e. The van der Waals surface area contributed by atoms with Gasteiger partial charge in [-0.2, -0.15) is 0 Å². The topological polar surface area (TPSA) is 69.7 Å². The van der Waals surface area contributed by atoms with Crippen molar-refractivity contribution in [1.82, 2.24) is 10.2 Å². The maximum absolute atomic E-state index is 13.5. The van der Waals surface area contributed by atoms with Crippen molar-refractivity contribution in [3.63, 3.8) is 0 Å². The molecule has 0 fully saturated rings. The fourth-order valence-electron chi connectivity index (χ4n) is 4.86. The molecule has 1 atom stereocenters. The van der Waals surface area contributed by atoms with Crippen LogP contribution < -0.4 is 10.2 Å². The summed E-state index contributed by atoms with van der Waals surface area (Å²) < 4.78 is 0. The first-order valence-electron chi connectivity index (χ1n) is 12.9. The van der Waals surface area contributed by atoms with Crippen LogP contribution in [0.4, 0.5) is 5.69 Å². The molecule has 6 heteroatoms. The van der Waals surface area contributed by atoms with Crippen LogP contribution in [0.25, 0.3) is 10.8 Å². The molecule has 0 radical (unpaired) electrons. The van der Waals surface area contributed by atoms with Gasteiger partial charge in [-0.15, -0.1) is 0 Å². The second-order valence-corrected chi connectivity index (χ2v) is 9.81. The van der Waals surface area contributed by atoms with E-state index < -0.39 is 6.04 Å². The van der Waals surface area contributed by atoms with E-state index in [1.54, 1.807) is 9.80 Å². The van der Waals surface area contributed by atoms with Crippen molar-refractivity contribution in [2.75, 3.05) is 18.0 Å². The number of carbonyl (C=O) groups excluding carboxylic acids is 3. The molecule has 0 aliphatic carbocycles. The fraction of sp³-hybridized carbons (Fsp3) is 0.367. The number of hydrogen-bond donors (Lipinski definition) is 1. The van der Waals surface area contributed by atoms with Crippen LogP contribution >= 0.6 is 0 Å². The number of benzene rings is 3. The van der Waals surface area contributed by atoms with E-state index in [-0.39, 0.29) is 24.1 Å². The summed E-state index contributed by atoms with van der Waals surface area (Å²) in [5, 5.41) is 5.02. The van der Waals surface area contributed by atoms with Crippen LogP contribution in [0, 0.1) is 5.92 Å². The molecule has 0 saturated heterocycles. The average molecular weight is 486 g/mol. The van der Waals surface area contributed by atoms with Crippen LogP contribution in [-0.2, 0) is 16.1 Å². The molecule has 0 bridgehead atoms. The van der Waals surface area contributed by atoms with E-state index in [0.717, 1.165) is 22.0 Å². The van der Waals surface area contributed by atoms with Gasteiger partial charge in [-0.1, -0.05) is 75.4 Å². The molecule has 3 amide bonds. The van der Waals surface area contributed by atoms with Gasteiger partial charge in [0.2, 0.25) is 11.8 Å². The number of anilines is 1. The molecule has 1 N–H and O–H groups in total. The Morgan fingerprint density at radius 1 is 0.972 bits per heavy atom. The molecule has 4 rings (SSSR count). The van der Waals surface area contributed by atoms with Crippen LogP contribution in [0.5, 0.6) is 0 Å². The van der Waals surface area contributed by atoms with Gasteiger partial charge in [0, 0.05) is 37.0 Å². The van der Waals surface area contributed by atoms with Crippen LogP contribution in [0.2, 0.25) is 0 Å². The number of rotatable bonds is 11. The molecular weight excluding hydrogens is 450 g/mol. The Morgan fingerprint density at radius 3 is 2.39 bits per heavy atom. The lowest BCUT2D eigenvalue weighted by Crippen LogP contribution is -2.49. The molecule has 1 unspecified atom stereocenters. The molecule has 6 nitrogen and oxygen atoms in total. The molecule has 3 aromatic carbocycles. The lowest BCUT2D eigenvalue weighted by Gasteiger charge is -2.31. The second kappa shape index (κ2) is 11.4. The summed E-state index contributed by atoms with van der Waals surface area (Å²) in [7, 11) is 0. The monoisotopic (exact) mass is 485 g/mol. The zero-order chi connectivity index (χ0) is 25.7. The van der Waals surface area contributed by atoms with Crippen molar-refractivity contribution in [2.24, 2.45) is 5.92 Å². The number of hydrogen-bond acceptors (Lipinski definition) is 3. The summed E-state index contributed by atoms with van der Waals surface area (Å²) in [6, 6.07) is 20.9. The van der Waals surface area contributed by atoms with Crippen molar-refractivity contribution in [2.45, 2.75) is 52.6 Å². The molecule has 0 aromatic heterocycles. The molecule has 36 heavy (non-hydrogen) atoms. The molecule has 0 spiro atoms. The van der Waals surface area contributed by atoms with Crippen molar-refractivity contribution in [3.05, 3.63) is 77.9 Å². The van der Waals surface area contributed by atoms with Gasteiger partial charge in [0.05, 0.1) is 5.69 Å². The minimum absolute atomic E-state index is 0.0186. The summed E-state index contributed by atoms with van der Waals surface area (Å²) >= 11 is 0. The Hall–Kier alpha value is -3.67. The number of amides is 3. The minimum atomic E-state index is -0.539. The zero-order valence-electron chi connectivity index (χ0n) is 21.4. The van der Waals surface area contributed by atoms with Gasteiger partial charge in [0.1, 0.15) is 6.04 Å². The third-order valence-corrected chi connectivity index (χ3v) is 6.69. The van der Waals surface area contributed by atoms with Gasteiger partial charge in [0.25, 0.3) is 5.91 Å². The van der Waals surface area contributed by atoms with Crippen molar-refractivity contribution in [1.29, 1.82) is 0 Å². The summed E-state index contributed by atoms with van der Waals surface area (Å²) in [5.74, 6) is 0.117. The van der Waals surface area contributed by atoms with Crippen LogP contribution in [0.1, 0.15) is 56.0 Å². The molecule has 1 aliphatic rings. The summed E-state index contributed by atoms with van der Waals surface area (Å²) in [4.78, 5) is 43.1. The number of nitrogens with zero attached hydrogens (tertiary/aromatic N) is 2. The zero-order valence-corrected chi connectivity index (χ0v) is 21.4. The number of nitrogens with one attached hydrogen (secondary N) is 1. The predicted molar refractivity (Wildman–Crippen MR) is 144 cm³/mol. The third kappa shape index (κ3) is 5.43. The van der Waals surface area contributed by atoms with Gasteiger partial charge < -0.3 is 15.1 Å². The van der Waals surface area contributed by atoms with E-state index in [0.29, 0.717) is 44.0 Å². The fourth-order valence-corrected chi connectivity index (χ4v) is 4.86. The van der Waals surface area contributed by atoms with Gasteiger partial charge in [0.15, 0.2) is 0 Å². The second-order valence-electron chi connectivity index (χ2n) is 9.81. The average Bonchev–Trinajstić information content (AvgIpc) is 3.16. The number of carbonyl (C=O) groups is 3. The van der Waals surface area contributed by atoms with Crippen LogP contribution in [0.3, 0.4) is 0 Å². The van der Waals surface area contributed by atoms with E-state index in [2.05, 4.69) is 5.32 Å². The Labute approximate surface area is 213 Å². The Balaban J connectivity index is 1.46. The lowest BCUT2D eigenvalue weighted by molar-refractivity contribution is -0.141. The maximum Gasteiger partial charge on any atom is 0.258 e. The van der Waals surface area contributed by atoms with Crippen molar-refractivity contribution < 1.29 is 14.4 Å². The quantitative estimate of drug-likeness (QED) is 0.408. The van der Waals surface area contributed by atoms with Gasteiger partial charge >= 0.3 is 0 Å². The maximum atomic E-state index is 13.5. The van der Waals surface area contributed by atoms with E-state index in [9.17, 15) is 14.4 Å². The Bertz CT molecular complexity index is 1230. The van der Waals surface area contributed by atoms with Gasteiger partial charge in [-0.3, -0.25) is 14.4 Å². The van der Waals surface area contributed by atoms with Crippen LogP contribution in [0.15, 0.2) is 66.7 Å². The molecule has 3 aromatic rings. The normalized spacial score (nSPS) is 13.3. The Kier molecular flexibility index (Phi) is 8.04. The first kappa shape index (κ1) is 25.4. The molecule has 0 saturated carbocycles. The highest BCUT2D eigenvalue weighted by Crippen LogP contribution is 2.37. The summed E-state index contributed by atoms with van der Waals surface area (Å²) in [6.45, 7) is 7.44. The lowest BCUT2D eigenvalue weighted by atomic mass is 10.1. The highest BCUT2D eigenvalue weighted by molar-refractivity contribution is 6.25. The highest BCUT2D eigenvalue weighted by atomic mass is 16.2. The standard InChI is InChI=1S/C30H35N3O3/c1-4-25(29(35)31-19-21(2)3)33(20-22-11-6-5-7-12-22)27(34)17-10-18-32-26-16-9-14-23-13-8-15-24(28(23)26)30(32)36/h5-9,11-16,21,25H,4,10,17-20H2,1-3H3,(H,31,35). The van der Waals surface area contributed by atoms with Gasteiger partial charge in [-0.25, -0.2) is 0 Å². The Morgan fingerprint density at radius 2 is 1.69 bits per heavy atom. The van der Waals surface area contributed by atoms with E-state index >= 15 is 0 Å². The molecular formula is C30H35N3O3. The largest absolute Gasteiger partial charge is 0.354 e. The van der Waals surface area contributed by atoms with E-state index in [4.69, 9.17) is 0 Å². The third-order valence-electron chi connectivity index (χ3n) is 6.69. The van der Waals surface area contributed by atoms with E-state index in [1.165, 1.54) is 0 Å². The van der Waals surface area contributed by atoms with Crippen LogP contribution in [-0.4, -0.2) is 41.8 Å². The first-order valence-corrected chi connectivity index (χ1v) is 12.9. The van der Waals surface area contributed by atoms with Gasteiger partial charge in [-0.05, 0) is 41.8 Å². The SMILES string of the molecule is CCC(C(=O)NCC(C)C)N(Cc1ccccc1)C(=O)CCCN1C(=O)c2cccc3cccc1c23. The summed E-state index contributed by atoms with van der Waals surface area (Å²) in [5.41, 5.74) is 2.60. The van der Waals surface area contributed by atoms with E-state index in [1.807, 2.05) is 87.5 Å². The van der Waals surface area contributed by atoms with Crippen molar-refractivity contribution >= 4 is 34.2 Å². The highest BCUT2D eigenvalue weighted by Gasteiger charge is 2.31. The predicted octanol–water partition coefficient (Wildman–Crippen LogP) is 5.16. The molecule has 1 heterocycles.